The van der Waals surface area contributed by atoms with E-state index in [0.29, 0.717) is 5.82 Å². The highest BCUT2D eigenvalue weighted by Gasteiger charge is 2.23. The van der Waals surface area contributed by atoms with Gasteiger partial charge in [0.05, 0.1) is 0 Å². The minimum absolute atomic E-state index is 0.0760. The Morgan fingerprint density at radius 2 is 1.86 bits per heavy atom. The normalized spacial score (nSPS) is 17.5. The van der Waals surface area contributed by atoms with E-state index in [2.05, 4.69) is 49.7 Å². The van der Waals surface area contributed by atoms with E-state index in [1.807, 2.05) is 6.07 Å². The Balaban J connectivity index is 2.08. The summed E-state index contributed by atoms with van der Waals surface area (Å²) in [6.07, 6.45) is 2.43. The molecule has 1 aromatic rings. The van der Waals surface area contributed by atoms with Crippen molar-refractivity contribution in [2.75, 3.05) is 44.4 Å². The van der Waals surface area contributed by atoms with Crippen molar-refractivity contribution in [3.05, 3.63) is 11.9 Å². The summed E-state index contributed by atoms with van der Waals surface area (Å²) >= 11 is 0. The van der Waals surface area contributed by atoms with Crippen molar-refractivity contribution in [3.8, 4) is 0 Å². The van der Waals surface area contributed by atoms with Gasteiger partial charge < -0.3 is 15.5 Å². The topological polar surface area (TPSA) is 58.3 Å². The average Bonchev–Trinajstić information content (AvgIpc) is 2.37. The lowest BCUT2D eigenvalue weighted by atomic mass is 9.95. The molecule has 2 heterocycles. The molecule has 118 valence electrons. The third-order valence-electron chi connectivity index (χ3n) is 3.97. The van der Waals surface area contributed by atoms with Gasteiger partial charge in [0.15, 0.2) is 0 Å². The quantitative estimate of drug-likeness (QED) is 0.924. The SMILES string of the molecule is CN(C)CC1CCN(c2cc(N)nc(C(C)(C)C)n2)CC1. The van der Waals surface area contributed by atoms with Crippen LogP contribution in [0.15, 0.2) is 6.07 Å². The van der Waals surface area contributed by atoms with E-state index in [-0.39, 0.29) is 5.41 Å². The maximum atomic E-state index is 5.97. The summed E-state index contributed by atoms with van der Waals surface area (Å²) in [5, 5.41) is 0. The third kappa shape index (κ3) is 4.30. The predicted octanol–water partition coefficient (Wildman–Crippen LogP) is 2.13. The van der Waals surface area contributed by atoms with Crippen molar-refractivity contribution in [1.29, 1.82) is 0 Å². The average molecular weight is 291 g/mol. The van der Waals surface area contributed by atoms with Gasteiger partial charge in [-0.25, -0.2) is 9.97 Å². The third-order valence-corrected chi connectivity index (χ3v) is 3.97. The molecule has 0 amide bonds. The van der Waals surface area contributed by atoms with E-state index in [9.17, 15) is 0 Å². The summed E-state index contributed by atoms with van der Waals surface area (Å²) in [7, 11) is 4.29. The van der Waals surface area contributed by atoms with E-state index in [1.54, 1.807) is 0 Å². The first-order valence-electron chi connectivity index (χ1n) is 7.80. The van der Waals surface area contributed by atoms with Crippen LogP contribution in [0, 0.1) is 5.92 Å². The lowest BCUT2D eigenvalue weighted by Gasteiger charge is -2.34. The van der Waals surface area contributed by atoms with Crippen LogP contribution in [-0.2, 0) is 5.41 Å². The molecule has 0 unspecified atom stereocenters. The number of nitrogens with two attached hydrogens (primary N) is 1. The van der Waals surface area contributed by atoms with Crippen LogP contribution in [0.25, 0.3) is 0 Å². The molecule has 0 spiro atoms. The van der Waals surface area contributed by atoms with Gasteiger partial charge in [0.1, 0.15) is 17.5 Å². The molecule has 1 aromatic heterocycles. The summed E-state index contributed by atoms with van der Waals surface area (Å²) in [5.41, 5.74) is 5.90. The molecule has 1 saturated heterocycles. The number of aromatic nitrogens is 2. The van der Waals surface area contributed by atoms with Crippen LogP contribution >= 0.6 is 0 Å². The van der Waals surface area contributed by atoms with Gasteiger partial charge in [0, 0.05) is 31.1 Å². The fraction of sp³-hybridized carbons (Fsp3) is 0.750. The van der Waals surface area contributed by atoms with Gasteiger partial charge in [0.25, 0.3) is 0 Å². The maximum Gasteiger partial charge on any atom is 0.138 e. The summed E-state index contributed by atoms with van der Waals surface area (Å²) < 4.78 is 0. The smallest absolute Gasteiger partial charge is 0.138 e. The van der Waals surface area contributed by atoms with Crippen LogP contribution in [0.2, 0.25) is 0 Å². The molecule has 2 rings (SSSR count). The molecule has 1 aliphatic heterocycles. The van der Waals surface area contributed by atoms with Crippen molar-refractivity contribution >= 4 is 11.6 Å². The Hall–Kier alpha value is -1.36. The highest BCUT2D eigenvalue weighted by molar-refractivity contribution is 5.47. The molecule has 5 nitrogen and oxygen atoms in total. The summed E-state index contributed by atoms with van der Waals surface area (Å²) in [6.45, 7) is 9.64. The van der Waals surface area contributed by atoms with Crippen LogP contribution in [-0.4, -0.2) is 48.6 Å². The van der Waals surface area contributed by atoms with Gasteiger partial charge in [-0.1, -0.05) is 20.8 Å². The standard InChI is InChI=1S/C16H29N5/c1-16(2,3)15-18-13(17)10-14(19-15)21-8-6-12(7-9-21)11-20(4)5/h10,12H,6-9,11H2,1-5H3,(H2,17,18,19). The zero-order valence-corrected chi connectivity index (χ0v) is 14.1. The van der Waals surface area contributed by atoms with E-state index >= 15 is 0 Å². The van der Waals surface area contributed by atoms with Crippen LogP contribution < -0.4 is 10.6 Å². The van der Waals surface area contributed by atoms with Crippen molar-refractivity contribution in [1.82, 2.24) is 14.9 Å². The minimum Gasteiger partial charge on any atom is -0.384 e. The summed E-state index contributed by atoms with van der Waals surface area (Å²) in [6, 6.07) is 1.90. The number of hydrogen-bond acceptors (Lipinski definition) is 5. The highest BCUT2D eigenvalue weighted by Crippen LogP contribution is 2.26. The molecule has 0 aromatic carbocycles. The van der Waals surface area contributed by atoms with Crippen molar-refractivity contribution in [3.63, 3.8) is 0 Å². The van der Waals surface area contributed by atoms with Gasteiger partial charge in [-0.15, -0.1) is 0 Å². The lowest BCUT2D eigenvalue weighted by Crippen LogP contribution is -2.38. The second-order valence-corrected chi connectivity index (χ2v) is 7.42. The zero-order valence-electron chi connectivity index (χ0n) is 14.1. The van der Waals surface area contributed by atoms with Crippen molar-refractivity contribution < 1.29 is 0 Å². The van der Waals surface area contributed by atoms with E-state index in [0.717, 1.165) is 30.6 Å². The van der Waals surface area contributed by atoms with Crippen LogP contribution in [0.4, 0.5) is 11.6 Å². The molecule has 1 fully saturated rings. The molecular weight excluding hydrogens is 262 g/mol. The van der Waals surface area contributed by atoms with Gasteiger partial charge >= 0.3 is 0 Å². The Morgan fingerprint density at radius 3 is 2.38 bits per heavy atom. The first-order valence-corrected chi connectivity index (χ1v) is 7.80. The molecule has 21 heavy (non-hydrogen) atoms. The zero-order chi connectivity index (χ0) is 15.6. The number of rotatable bonds is 3. The number of nitrogens with zero attached hydrogens (tertiary/aromatic N) is 4. The van der Waals surface area contributed by atoms with Gasteiger partial charge in [-0.2, -0.15) is 0 Å². The molecule has 0 aliphatic carbocycles. The van der Waals surface area contributed by atoms with Crippen LogP contribution in [0.1, 0.15) is 39.4 Å². The van der Waals surface area contributed by atoms with Crippen molar-refractivity contribution in [2.45, 2.75) is 39.0 Å². The first kappa shape index (κ1) is 16.0. The Morgan fingerprint density at radius 1 is 1.24 bits per heavy atom. The fourth-order valence-corrected chi connectivity index (χ4v) is 2.81. The van der Waals surface area contributed by atoms with E-state index in [4.69, 9.17) is 10.7 Å². The van der Waals surface area contributed by atoms with Gasteiger partial charge in [-0.3, -0.25) is 0 Å². The molecule has 1 aliphatic rings. The van der Waals surface area contributed by atoms with Crippen LogP contribution in [0.3, 0.4) is 0 Å². The van der Waals surface area contributed by atoms with Crippen LogP contribution in [0.5, 0.6) is 0 Å². The van der Waals surface area contributed by atoms with Gasteiger partial charge in [-0.05, 0) is 32.9 Å². The Kier molecular flexibility index (Phi) is 4.71. The second kappa shape index (κ2) is 6.18. The predicted molar refractivity (Wildman–Crippen MR) is 88.6 cm³/mol. The fourth-order valence-electron chi connectivity index (χ4n) is 2.81. The Bertz CT molecular complexity index is 470. The first-order chi connectivity index (χ1) is 9.75. The highest BCUT2D eigenvalue weighted by atomic mass is 15.2. The number of piperidine rings is 1. The van der Waals surface area contributed by atoms with E-state index < -0.39 is 0 Å². The molecule has 2 N–H and O–H groups in total. The number of anilines is 2. The maximum absolute atomic E-state index is 5.97. The molecule has 0 bridgehead atoms. The number of nitrogen functional groups attached to an aromatic ring is 1. The number of hydrogen-bond donors (Lipinski definition) is 1. The van der Waals surface area contributed by atoms with Crippen molar-refractivity contribution in [2.24, 2.45) is 5.92 Å². The van der Waals surface area contributed by atoms with Gasteiger partial charge in [0.2, 0.25) is 0 Å². The molecule has 0 atom stereocenters. The lowest BCUT2D eigenvalue weighted by molar-refractivity contribution is 0.284. The molecule has 5 heteroatoms. The monoisotopic (exact) mass is 291 g/mol. The summed E-state index contributed by atoms with van der Waals surface area (Å²) in [5.74, 6) is 3.17. The molecule has 0 radical (unpaired) electrons. The second-order valence-electron chi connectivity index (χ2n) is 7.42. The molecule has 0 saturated carbocycles. The molecular formula is C16H29N5. The Labute approximate surface area is 128 Å². The van der Waals surface area contributed by atoms with E-state index in [1.165, 1.54) is 19.4 Å². The minimum atomic E-state index is -0.0760. The largest absolute Gasteiger partial charge is 0.384 e. The summed E-state index contributed by atoms with van der Waals surface area (Å²) in [4.78, 5) is 13.8.